The molecule has 1 nitrogen and oxygen atoms in total. The Bertz CT molecular complexity index is 133. The molecule has 0 N–H and O–H groups in total. The summed E-state index contributed by atoms with van der Waals surface area (Å²) in [5.41, 5.74) is 0.193. The minimum Gasteiger partial charge on any atom is -0.366 e. The Morgan fingerprint density at radius 1 is 1.56 bits per heavy atom. The van der Waals surface area contributed by atoms with Gasteiger partial charge in [0.15, 0.2) is 0 Å². The van der Waals surface area contributed by atoms with Crippen LogP contribution in [0.2, 0.25) is 0 Å². The second-order valence-corrected chi connectivity index (χ2v) is 3.42. The second-order valence-electron chi connectivity index (χ2n) is 3.42. The highest BCUT2D eigenvalue weighted by Crippen LogP contribution is 2.50. The zero-order valence-electron chi connectivity index (χ0n) is 5.89. The molecule has 2 fully saturated rings. The third-order valence-corrected chi connectivity index (χ3v) is 2.81. The Hall–Kier alpha value is -0.0400. The first kappa shape index (κ1) is 5.72. The first-order valence-corrected chi connectivity index (χ1v) is 3.74. The SMILES string of the molecule is [CH2]C1CCCC2OC12C. The van der Waals surface area contributed by atoms with Crippen molar-refractivity contribution in [3.05, 3.63) is 6.92 Å². The molecule has 0 bridgehead atoms. The van der Waals surface area contributed by atoms with E-state index >= 15 is 0 Å². The highest BCUT2D eigenvalue weighted by Gasteiger charge is 2.57. The second kappa shape index (κ2) is 1.51. The van der Waals surface area contributed by atoms with Crippen LogP contribution in [0.1, 0.15) is 26.2 Å². The highest BCUT2D eigenvalue weighted by atomic mass is 16.6. The zero-order chi connectivity index (χ0) is 6.48. The fourth-order valence-corrected chi connectivity index (χ4v) is 1.81. The van der Waals surface area contributed by atoms with E-state index < -0.39 is 0 Å². The molecule has 1 aliphatic carbocycles. The molecule has 1 aliphatic heterocycles. The summed E-state index contributed by atoms with van der Waals surface area (Å²) < 4.78 is 5.52. The third-order valence-electron chi connectivity index (χ3n) is 2.81. The Morgan fingerprint density at radius 2 is 2.33 bits per heavy atom. The van der Waals surface area contributed by atoms with E-state index in [1.165, 1.54) is 19.3 Å². The molecular weight excluding hydrogens is 112 g/mol. The van der Waals surface area contributed by atoms with Gasteiger partial charge in [0.25, 0.3) is 0 Å². The van der Waals surface area contributed by atoms with Gasteiger partial charge in [-0.05, 0) is 32.6 Å². The monoisotopic (exact) mass is 125 g/mol. The van der Waals surface area contributed by atoms with E-state index in [1.54, 1.807) is 0 Å². The van der Waals surface area contributed by atoms with Crippen molar-refractivity contribution in [1.29, 1.82) is 0 Å². The lowest BCUT2D eigenvalue weighted by molar-refractivity contribution is 0.260. The van der Waals surface area contributed by atoms with E-state index in [1.807, 2.05) is 0 Å². The summed E-state index contributed by atoms with van der Waals surface area (Å²) in [7, 11) is 0. The minimum absolute atomic E-state index is 0.193. The van der Waals surface area contributed by atoms with Gasteiger partial charge in [-0.3, -0.25) is 0 Å². The van der Waals surface area contributed by atoms with Gasteiger partial charge in [0.2, 0.25) is 0 Å². The van der Waals surface area contributed by atoms with E-state index in [2.05, 4.69) is 13.8 Å². The molecule has 2 rings (SSSR count). The van der Waals surface area contributed by atoms with Gasteiger partial charge in [-0.25, -0.2) is 0 Å². The number of rotatable bonds is 0. The molecule has 1 saturated carbocycles. The molecule has 0 aromatic heterocycles. The van der Waals surface area contributed by atoms with Gasteiger partial charge >= 0.3 is 0 Å². The number of fused-ring (bicyclic) bond motifs is 1. The molecule has 0 aromatic rings. The van der Waals surface area contributed by atoms with Crippen LogP contribution in [0.5, 0.6) is 0 Å². The molecule has 1 radical (unpaired) electrons. The lowest BCUT2D eigenvalue weighted by Crippen LogP contribution is -2.24. The summed E-state index contributed by atoms with van der Waals surface area (Å²) in [4.78, 5) is 0. The predicted octanol–water partition coefficient (Wildman–Crippen LogP) is 1.78. The summed E-state index contributed by atoms with van der Waals surface area (Å²) in [6.45, 7) is 6.26. The van der Waals surface area contributed by atoms with Crippen LogP contribution in [0.25, 0.3) is 0 Å². The summed E-state index contributed by atoms with van der Waals surface area (Å²) >= 11 is 0. The first-order chi connectivity index (χ1) is 4.23. The molecule has 9 heavy (non-hydrogen) atoms. The maximum Gasteiger partial charge on any atom is 0.0948 e. The molecule has 1 heteroatoms. The Balaban J connectivity index is 2.10. The average molecular weight is 125 g/mol. The molecule has 0 aromatic carbocycles. The minimum atomic E-state index is 0.193. The van der Waals surface area contributed by atoms with E-state index in [9.17, 15) is 0 Å². The number of epoxide rings is 1. The number of ether oxygens (including phenoxy) is 1. The van der Waals surface area contributed by atoms with Crippen molar-refractivity contribution < 1.29 is 4.74 Å². The number of hydrogen-bond donors (Lipinski definition) is 0. The fourth-order valence-electron chi connectivity index (χ4n) is 1.81. The van der Waals surface area contributed by atoms with Gasteiger partial charge in [0.1, 0.15) is 0 Å². The van der Waals surface area contributed by atoms with Crippen molar-refractivity contribution in [2.75, 3.05) is 0 Å². The van der Waals surface area contributed by atoms with Crippen LogP contribution in [0.4, 0.5) is 0 Å². The van der Waals surface area contributed by atoms with Gasteiger partial charge < -0.3 is 4.74 Å². The van der Waals surface area contributed by atoms with Crippen LogP contribution in [0.3, 0.4) is 0 Å². The smallest absolute Gasteiger partial charge is 0.0948 e. The maximum absolute atomic E-state index is 5.52. The van der Waals surface area contributed by atoms with Crippen molar-refractivity contribution in [1.82, 2.24) is 0 Å². The first-order valence-electron chi connectivity index (χ1n) is 3.74. The van der Waals surface area contributed by atoms with Crippen LogP contribution < -0.4 is 0 Å². The molecule has 0 amide bonds. The van der Waals surface area contributed by atoms with E-state index in [-0.39, 0.29) is 5.60 Å². The van der Waals surface area contributed by atoms with Crippen LogP contribution in [-0.2, 0) is 4.74 Å². The van der Waals surface area contributed by atoms with Crippen LogP contribution >= 0.6 is 0 Å². The lowest BCUT2D eigenvalue weighted by Gasteiger charge is -2.19. The van der Waals surface area contributed by atoms with Crippen molar-refractivity contribution >= 4 is 0 Å². The fraction of sp³-hybridized carbons (Fsp3) is 0.875. The Labute approximate surface area is 56.4 Å². The highest BCUT2D eigenvalue weighted by molar-refractivity contribution is 5.07. The van der Waals surface area contributed by atoms with E-state index in [4.69, 9.17) is 4.74 Å². The largest absolute Gasteiger partial charge is 0.366 e. The van der Waals surface area contributed by atoms with Crippen molar-refractivity contribution in [3.8, 4) is 0 Å². The average Bonchev–Trinajstić information content (AvgIpc) is 2.44. The summed E-state index contributed by atoms with van der Waals surface area (Å²) in [6, 6.07) is 0. The maximum atomic E-state index is 5.52. The van der Waals surface area contributed by atoms with Crippen LogP contribution in [0, 0.1) is 12.8 Å². The standard InChI is InChI=1S/C8H13O/c1-6-4-3-5-7-8(6,2)9-7/h6-7H,1,3-5H2,2H3. The van der Waals surface area contributed by atoms with Crippen molar-refractivity contribution in [2.24, 2.45) is 5.92 Å². The van der Waals surface area contributed by atoms with Crippen molar-refractivity contribution in [3.63, 3.8) is 0 Å². The van der Waals surface area contributed by atoms with E-state index in [0.29, 0.717) is 12.0 Å². The lowest BCUT2D eigenvalue weighted by atomic mass is 9.82. The summed E-state index contributed by atoms with van der Waals surface area (Å²) in [6.07, 6.45) is 4.40. The molecule has 1 saturated heterocycles. The zero-order valence-corrected chi connectivity index (χ0v) is 5.89. The molecule has 3 unspecified atom stereocenters. The third kappa shape index (κ3) is 0.644. The molecule has 0 spiro atoms. The number of hydrogen-bond acceptors (Lipinski definition) is 1. The molecule has 1 heterocycles. The summed E-state index contributed by atoms with van der Waals surface area (Å²) in [5.74, 6) is 0.552. The molecule has 3 atom stereocenters. The Morgan fingerprint density at radius 3 is 2.89 bits per heavy atom. The Kier molecular flexibility index (Phi) is 0.963. The topological polar surface area (TPSA) is 12.5 Å². The molecule has 2 aliphatic rings. The summed E-state index contributed by atoms with van der Waals surface area (Å²) in [5, 5.41) is 0. The molecular formula is C8H13O. The van der Waals surface area contributed by atoms with Crippen LogP contribution in [0.15, 0.2) is 0 Å². The van der Waals surface area contributed by atoms with Gasteiger partial charge in [-0.2, -0.15) is 0 Å². The van der Waals surface area contributed by atoms with Gasteiger partial charge in [-0.1, -0.05) is 6.42 Å². The normalized spacial score (nSPS) is 56.7. The quantitative estimate of drug-likeness (QED) is 0.449. The van der Waals surface area contributed by atoms with E-state index in [0.717, 1.165) is 0 Å². The predicted molar refractivity (Wildman–Crippen MR) is 36.0 cm³/mol. The van der Waals surface area contributed by atoms with Gasteiger partial charge in [0, 0.05) is 0 Å². The van der Waals surface area contributed by atoms with Crippen molar-refractivity contribution in [2.45, 2.75) is 37.9 Å². The van der Waals surface area contributed by atoms with Gasteiger partial charge in [-0.15, -0.1) is 0 Å². The van der Waals surface area contributed by atoms with Crippen LogP contribution in [-0.4, -0.2) is 11.7 Å². The molecule has 51 valence electrons. The van der Waals surface area contributed by atoms with Gasteiger partial charge in [0.05, 0.1) is 11.7 Å².